The van der Waals surface area contributed by atoms with Gasteiger partial charge in [0.1, 0.15) is 5.60 Å². The first kappa shape index (κ1) is 21.4. The molecule has 3 rings (SSSR count). The van der Waals surface area contributed by atoms with Gasteiger partial charge in [0, 0.05) is 55.5 Å². The third-order valence-electron chi connectivity index (χ3n) is 5.07. The predicted molar refractivity (Wildman–Crippen MR) is 115 cm³/mol. The number of amides is 1. The first-order chi connectivity index (χ1) is 13.2. The summed E-state index contributed by atoms with van der Waals surface area (Å²) in [5.41, 5.74) is 2.04. The number of carbonyl (C=O) groups excluding carboxylic acids is 1. The number of hydrogen-bond acceptors (Lipinski definition) is 5. The number of nitrogens with zero attached hydrogens (tertiary/aromatic N) is 3. The second kappa shape index (κ2) is 9.01. The van der Waals surface area contributed by atoms with E-state index in [0.717, 1.165) is 50.4 Å². The second-order valence-corrected chi connectivity index (χ2v) is 9.59. The van der Waals surface area contributed by atoms with E-state index in [1.165, 1.54) is 11.3 Å². The summed E-state index contributed by atoms with van der Waals surface area (Å²) in [6, 6.07) is 6.74. The van der Waals surface area contributed by atoms with Crippen LogP contribution in [-0.4, -0.2) is 73.5 Å². The van der Waals surface area contributed by atoms with Crippen molar-refractivity contribution in [3.05, 3.63) is 28.2 Å². The van der Waals surface area contributed by atoms with E-state index in [2.05, 4.69) is 50.9 Å². The maximum absolute atomic E-state index is 12.5. The molecule has 28 heavy (non-hydrogen) atoms. The molecule has 156 valence electrons. The monoisotopic (exact) mass is 453 g/mol. The highest BCUT2D eigenvalue weighted by Gasteiger charge is 2.31. The Morgan fingerprint density at radius 1 is 1.18 bits per heavy atom. The fourth-order valence-electron chi connectivity index (χ4n) is 3.71. The fraction of sp³-hybridized carbons (Fsp3) is 0.667. The lowest BCUT2D eigenvalue weighted by Gasteiger charge is -2.41. The number of halogens is 1. The molecule has 2 aliphatic heterocycles. The number of hydrogen-bond donors (Lipinski definition) is 0. The highest BCUT2D eigenvalue weighted by atomic mass is 79.9. The highest BCUT2D eigenvalue weighted by Crippen LogP contribution is 2.27. The lowest BCUT2D eigenvalue weighted by molar-refractivity contribution is 0.0159. The van der Waals surface area contributed by atoms with Gasteiger partial charge in [0.05, 0.1) is 13.2 Å². The summed E-state index contributed by atoms with van der Waals surface area (Å²) in [6.45, 7) is 14.6. The minimum Gasteiger partial charge on any atom is -0.444 e. The largest absolute Gasteiger partial charge is 0.444 e. The van der Waals surface area contributed by atoms with E-state index in [1.54, 1.807) is 0 Å². The van der Waals surface area contributed by atoms with Crippen molar-refractivity contribution in [1.82, 2.24) is 9.80 Å². The molecule has 1 amide bonds. The summed E-state index contributed by atoms with van der Waals surface area (Å²) < 4.78 is 12.1. The molecule has 0 N–H and O–H groups in total. The Morgan fingerprint density at radius 3 is 2.54 bits per heavy atom. The third kappa shape index (κ3) is 5.84. The zero-order chi connectivity index (χ0) is 20.3. The van der Waals surface area contributed by atoms with Gasteiger partial charge in [0.25, 0.3) is 0 Å². The molecule has 0 radical (unpaired) electrons. The molecule has 0 saturated carbocycles. The predicted octanol–water partition coefficient (Wildman–Crippen LogP) is 3.73. The van der Waals surface area contributed by atoms with Gasteiger partial charge in [-0.2, -0.15) is 0 Å². The van der Waals surface area contributed by atoms with Crippen LogP contribution in [0.15, 0.2) is 22.7 Å². The first-order valence-electron chi connectivity index (χ1n) is 10.1. The summed E-state index contributed by atoms with van der Waals surface area (Å²) in [4.78, 5) is 19.1. The van der Waals surface area contributed by atoms with Crippen molar-refractivity contribution in [2.24, 2.45) is 0 Å². The summed E-state index contributed by atoms with van der Waals surface area (Å²) in [7, 11) is 0. The van der Waals surface area contributed by atoms with E-state index < -0.39 is 5.60 Å². The van der Waals surface area contributed by atoms with Gasteiger partial charge in [-0.05, 0) is 51.5 Å². The zero-order valence-corrected chi connectivity index (χ0v) is 19.0. The molecule has 2 heterocycles. The lowest BCUT2D eigenvalue weighted by Crippen LogP contribution is -2.55. The van der Waals surface area contributed by atoms with Crippen LogP contribution in [-0.2, 0) is 16.0 Å². The molecule has 0 unspecified atom stereocenters. The summed E-state index contributed by atoms with van der Waals surface area (Å²) in [5.74, 6) is 0. The van der Waals surface area contributed by atoms with Crippen LogP contribution in [0.3, 0.4) is 0 Å². The standard InChI is InChI=1S/C21H32BrN3O3/c1-16-14-24(5-6-25(16)20(26)28-21(2,3)4)19-12-17(11-18(22)13-19)15-23-7-9-27-10-8-23/h11-13,16H,5-10,14-15H2,1-4H3/t16-/m0/s1. The van der Waals surface area contributed by atoms with E-state index in [9.17, 15) is 4.79 Å². The Kier molecular flexibility index (Phi) is 6.89. The molecule has 0 aliphatic carbocycles. The van der Waals surface area contributed by atoms with Crippen molar-refractivity contribution >= 4 is 27.7 Å². The summed E-state index contributed by atoms with van der Waals surface area (Å²) in [6.07, 6.45) is -0.220. The van der Waals surface area contributed by atoms with Crippen LogP contribution in [0, 0.1) is 0 Å². The minimum absolute atomic E-state index is 0.102. The molecule has 7 heteroatoms. The van der Waals surface area contributed by atoms with Crippen LogP contribution >= 0.6 is 15.9 Å². The van der Waals surface area contributed by atoms with Gasteiger partial charge in [-0.25, -0.2) is 4.79 Å². The van der Waals surface area contributed by atoms with Gasteiger partial charge < -0.3 is 19.3 Å². The van der Waals surface area contributed by atoms with Crippen LogP contribution in [0.2, 0.25) is 0 Å². The van der Waals surface area contributed by atoms with Crippen molar-refractivity contribution in [1.29, 1.82) is 0 Å². The average Bonchev–Trinajstić information content (AvgIpc) is 2.60. The molecule has 0 aromatic heterocycles. The van der Waals surface area contributed by atoms with Crippen molar-refractivity contribution in [2.75, 3.05) is 50.8 Å². The number of rotatable bonds is 3. The smallest absolute Gasteiger partial charge is 0.410 e. The van der Waals surface area contributed by atoms with E-state index in [-0.39, 0.29) is 12.1 Å². The van der Waals surface area contributed by atoms with Gasteiger partial charge in [0.2, 0.25) is 0 Å². The Hall–Kier alpha value is -1.31. The quantitative estimate of drug-likeness (QED) is 0.697. The van der Waals surface area contributed by atoms with E-state index >= 15 is 0 Å². The van der Waals surface area contributed by atoms with Crippen LogP contribution in [0.25, 0.3) is 0 Å². The third-order valence-corrected chi connectivity index (χ3v) is 5.53. The van der Waals surface area contributed by atoms with Crippen LogP contribution < -0.4 is 4.90 Å². The number of morpholine rings is 1. The number of carbonyl (C=O) groups is 1. The van der Waals surface area contributed by atoms with Crippen LogP contribution in [0.1, 0.15) is 33.3 Å². The SMILES string of the molecule is C[C@H]1CN(c2cc(Br)cc(CN3CCOCC3)c2)CCN1C(=O)OC(C)(C)C. The number of benzene rings is 1. The second-order valence-electron chi connectivity index (χ2n) is 8.67. The van der Waals surface area contributed by atoms with E-state index in [4.69, 9.17) is 9.47 Å². The molecule has 0 bridgehead atoms. The molecular formula is C21H32BrN3O3. The fourth-order valence-corrected chi connectivity index (χ4v) is 4.24. The molecule has 1 aromatic carbocycles. The van der Waals surface area contributed by atoms with Crippen molar-refractivity contribution in [2.45, 2.75) is 45.9 Å². The normalized spacial score (nSPS) is 21.7. The van der Waals surface area contributed by atoms with E-state index in [0.29, 0.717) is 6.54 Å². The highest BCUT2D eigenvalue weighted by molar-refractivity contribution is 9.10. The van der Waals surface area contributed by atoms with Gasteiger partial charge in [0.15, 0.2) is 0 Å². The first-order valence-corrected chi connectivity index (χ1v) is 10.8. The summed E-state index contributed by atoms with van der Waals surface area (Å²) >= 11 is 3.67. The maximum Gasteiger partial charge on any atom is 0.410 e. The summed E-state index contributed by atoms with van der Waals surface area (Å²) in [5, 5.41) is 0. The molecule has 2 aliphatic rings. The van der Waals surface area contributed by atoms with Crippen LogP contribution in [0.4, 0.5) is 10.5 Å². The van der Waals surface area contributed by atoms with Gasteiger partial charge in [-0.15, -0.1) is 0 Å². The Morgan fingerprint density at radius 2 is 1.89 bits per heavy atom. The van der Waals surface area contributed by atoms with Crippen LogP contribution in [0.5, 0.6) is 0 Å². The van der Waals surface area contributed by atoms with Gasteiger partial charge in [-0.3, -0.25) is 4.90 Å². The number of ether oxygens (including phenoxy) is 2. The molecular weight excluding hydrogens is 422 g/mol. The molecule has 2 fully saturated rings. The molecule has 0 spiro atoms. The van der Waals surface area contributed by atoms with E-state index in [1.807, 2.05) is 25.7 Å². The van der Waals surface area contributed by atoms with Gasteiger partial charge >= 0.3 is 6.09 Å². The van der Waals surface area contributed by atoms with Crippen molar-refractivity contribution < 1.29 is 14.3 Å². The van der Waals surface area contributed by atoms with Gasteiger partial charge in [-0.1, -0.05) is 15.9 Å². The average molecular weight is 454 g/mol. The topological polar surface area (TPSA) is 45.2 Å². The van der Waals surface area contributed by atoms with Crippen molar-refractivity contribution in [3.63, 3.8) is 0 Å². The molecule has 1 atom stereocenters. The lowest BCUT2D eigenvalue weighted by atomic mass is 10.1. The molecule has 2 saturated heterocycles. The number of piperazine rings is 1. The Labute approximate surface area is 176 Å². The van der Waals surface area contributed by atoms with Crippen molar-refractivity contribution in [3.8, 4) is 0 Å². The number of anilines is 1. The molecule has 1 aromatic rings. The Balaban J connectivity index is 1.65. The molecule has 6 nitrogen and oxygen atoms in total. The maximum atomic E-state index is 12.5. The minimum atomic E-state index is -0.466. The Bertz CT molecular complexity index is 686. The zero-order valence-electron chi connectivity index (χ0n) is 17.4.